The molecule has 0 spiro atoms. The lowest BCUT2D eigenvalue weighted by Gasteiger charge is -2.32. The van der Waals surface area contributed by atoms with E-state index in [9.17, 15) is 9.59 Å². The van der Waals surface area contributed by atoms with Crippen molar-refractivity contribution in [3.8, 4) is 17.2 Å². The number of hydrogen-bond acceptors (Lipinski definition) is 6. The molecule has 2 saturated heterocycles. The fourth-order valence-electron chi connectivity index (χ4n) is 4.82. The van der Waals surface area contributed by atoms with Gasteiger partial charge in [-0.05, 0) is 55.7 Å². The molecular weight excluding hydrogens is 432 g/mol. The van der Waals surface area contributed by atoms with Crippen molar-refractivity contribution < 1.29 is 18.8 Å². The molecular formula is C26H28N4O4. The highest BCUT2D eigenvalue weighted by atomic mass is 16.5. The van der Waals surface area contributed by atoms with Gasteiger partial charge < -0.3 is 19.1 Å². The summed E-state index contributed by atoms with van der Waals surface area (Å²) < 4.78 is 10.7. The lowest BCUT2D eigenvalue weighted by molar-refractivity contribution is -0.136. The molecule has 8 nitrogen and oxygen atoms in total. The third kappa shape index (κ3) is 4.27. The molecule has 2 amide bonds. The highest BCUT2D eigenvalue weighted by Crippen LogP contribution is 2.32. The third-order valence-corrected chi connectivity index (χ3v) is 6.85. The number of rotatable bonds is 5. The predicted octanol–water partition coefficient (Wildman–Crippen LogP) is 3.81. The number of nitrogens with zero attached hydrogens (tertiary/aromatic N) is 4. The van der Waals surface area contributed by atoms with E-state index in [1.54, 1.807) is 12.0 Å². The second-order valence-electron chi connectivity index (χ2n) is 8.98. The van der Waals surface area contributed by atoms with Gasteiger partial charge in [-0.2, -0.15) is 4.98 Å². The molecule has 176 valence electrons. The van der Waals surface area contributed by atoms with E-state index in [4.69, 9.17) is 9.26 Å². The molecule has 1 aromatic heterocycles. The Morgan fingerprint density at radius 2 is 1.82 bits per heavy atom. The van der Waals surface area contributed by atoms with E-state index >= 15 is 0 Å². The Balaban J connectivity index is 1.19. The van der Waals surface area contributed by atoms with Gasteiger partial charge in [-0.25, -0.2) is 0 Å². The summed E-state index contributed by atoms with van der Waals surface area (Å²) in [6.07, 6.45) is 1.80. The molecule has 0 bridgehead atoms. The van der Waals surface area contributed by atoms with E-state index in [1.807, 2.05) is 60.4 Å². The molecule has 1 atom stereocenters. The maximum absolute atomic E-state index is 13.2. The number of ether oxygens (including phenoxy) is 1. The van der Waals surface area contributed by atoms with E-state index in [0.29, 0.717) is 31.3 Å². The second kappa shape index (κ2) is 9.29. The molecule has 3 aromatic rings. The van der Waals surface area contributed by atoms with Crippen LogP contribution in [-0.4, -0.2) is 53.6 Å². The lowest BCUT2D eigenvalue weighted by Crippen LogP contribution is -2.42. The first-order valence-electron chi connectivity index (χ1n) is 11.7. The summed E-state index contributed by atoms with van der Waals surface area (Å²) in [5.41, 5.74) is 2.83. The molecule has 2 aliphatic rings. The zero-order valence-corrected chi connectivity index (χ0v) is 19.4. The van der Waals surface area contributed by atoms with Gasteiger partial charge in [0.1, 0.15) is 5.75 Å². The number of methoxy groups -OCH3 is 1. The van der Waals surface area contributed by atoms with Crippen molar-refractivity contribution in [2.45, 2.75) is 32.1 Å². The van der Waals surface area contributed by atoms with Crippen molar-refractivity contribution in [1.82, 2.24) is 15.0 Å². The summed E-state index contributed by atoms with van der Waals surface area (Å²) in [6, 6.07) is 15.3. The number of carbonyl (C=O) groups excluding carboxylic acids is 2. The van der Waals surface area contributed by atoms with E-state index < -0.39 is 0 Å². The average molecular weight is 461 g/mol. The number of likely N-dealkylation sites (tertiary alicyclic amines) is 1. The largest absolute Gasteiger partial charge is 0.497 e. The van der Waals surface area contributed by atoms with Gasteiger partial charge in [-0.3, -0.25) is 9.59 Å². The van der Waals surface area contributed by atoms with Gasteiger partial charge in [-0.15, -0.1) is 0 Å². The smallest absolute Gasteiger partial charge is 0.258 e. The van der Waals surface area contributed by atoms with Crippen molar-refractivity contribution in [1.29, 1.82) is 0 Å². The number of aryl methyl sites for hydroxylation is 1. The first-order chi connectivity index (χ1) is 16.5. The summed E-state index contributed by atoms with van der Waals surface area (Å²) >= 11 is 0. The molecule has 34 heavy (non-hydrogen) atoms. The number of anilines is 1. The molecule has 2 aromatic carbocycles. The van der Waals surface area contributed by atoms with Crippen molar-refractivity contribution in [3.05, 3.63) is 59.9 Å². The number of amides is 2. The van der Waals surface area contributed by atoms with Crippen LogP contribution in [0, 0.1) is 12.8 Å². The number of aromatic nitrogens is 2. The zero-order valence-electron chi connectivity index (χ0n) is 19.4. The van der Waals surface area contributed by atoms with Crippen LogP contribution in [0.15, 0.2) is 53.1 Å². The average Bonchev–Trinajstić information content (AvgIpc) is 3.51. The predicted molar refractivity (Wildman–Crippen MR) is 126 cm³/mol. The first-order valence-corrected chi connectivity index (χ1v) is 11.7. The van der Waals surface area contributed by atoms with E-state index in [2.05, 4.69) is 10.1 Å². The van der Waals surface area contributed by atoms with Crippen LogP contribution in [0.25, 0.3) is 11.5 Å². The first kappa shape index (κ1) is 22.1. The van der Waals surface area contributed by atoms with Gasteiger partial charge in [-0.1, -0.05) is 23.4 Å². The Labute approximate surface area is 198 Å². The molecule has 8 heteroatoms. The highest BCUT2D eigenvalue weighted by Gasteiger charge is 2.38. The topological polar surface area (TPSA) is 88.8 Å². The van der Waals surface area contributed by atoms with Crippen LogP contribution >= 0.6 is 0 Å². The zero-order chi connectivity index (χ0) is 23.7. The minimum Gasteiger partial charge on any atom is -0.497 e. The second-order valence-corrected chi connectivity index (χ2v) is 8.98. The van der Waals surface area contributed by atoms with Crippen LogP contribution in [0.4, 0.5) is 5.69 Å². The van der Waals surface area contributed by atoms with Gasteiger partial charge in [0, 0.05) is 43.2 Å². The SMILES string of the molecule is COc1ccc(N2CC(C(=O)N3CCC(c4noc(-c5ccccc5C)n4)CC3)CC2=O)cc1. The molecule has 2 aliphatic heterocycles. The molecule has 3 heterocycles. The van der Waals surface area contributed by atoms with E-state index in [0.717, 1.165) is 35.4 Å². The number of benzene rings is 2. The summed E-state index contributed by atoms with van der Waals surface area (Å²) in [7, 11) is 1.61. The van der Waals surface area contributed by atoms with Crippen LogP contribution in [0.5, 0.6) is 5.75 Å². The van der Waals surface area contributed by atoms with Gasteiger partial charge in [0.2, 0.25) is 11.8 Å². The fourth-order valence-corrected chi connectivity index (χ4v) is 4.82. The highest BCUT2D eigenvalue weighted by molar-refractivity contribution is 6.00. The van der Waals surface area contributed by atoms with Gasteiger partial charge >= 0.3 is 0 Å². The minimum atomic E-state index is -0.316. The molecule has 1 unspecified atom stereocenters. The lowest BCUT2D eigenvalue weighted by atomic mass is 9.95. The van der Waals surface area contributed by atoms with Crippen molar-refractivity contribution in [2.24, 2.45) is 5.92 Å². The van der Waals surface area contributed by atoms with Crippen LogP contribution < -0.4 is 9.64 Å². The van der Waals surface area contributed by atoms with Gasteiger partial charge in [0.25, 0.3) is 5.89 Å². The summed E-state index contributed by atoms with van der Waals surface area (Å²) in [6.45, 7) is 3.69. The minimum absolute atomic E-state index is 0.0195. The summed E-state index contributed by atoms with van der Waals surface area (Å²) in [4.78, 5) is 34.0. The fraction of sp³-hybridized carbons (Fsp3) is 0.385. The quantitative estimate of drug-likeness (QED) is 0.575. The Kier molecular flexibility index (Phi) is 6.04. The standard InChI is InChI=1S/C26H28N4O4/c1-17-5-3-4-6-22(17)25-27-24(28-34-25)18-11-13-29(14-12-18)26(32)19-15-23(31)30(16-19)20-7-9-21(33-2)10-8-20/h3-10,18-19H,11-16H2,1-2H3. The molecule has 2 fully saturated rings. The number of piperidine rings is 1. The monoisotopic (exact) mass is 460 g/mol. The number of carbonyl (C=O) groups is 2. The van der Waals surface area contributed by atoms with E-state index in [1.165, 1.54) is 0 Å². The van der Waals surface area contributed by atoms with Crippen molar-refractivity contribution in [2.75, 3.05) is 31.6 Å². The van der Waals surface area contributed by atoms with Crippen molar-refractivity contribution >= 4 is 17.5 Å². The maximum Gasteiger partial charge on any atom is 0.258 e. The van der Waals surface area contributed by atoms with Crippen LogP contribution in [0.3, 0.4) is 0 Å². The van der Waals surface area contributed by atoms with Gasteiger partial charge in [0.15, 0.2) is 5.82 Å². The Morgan fingerprint density at radius 3 is 2.53 bits per heavy atom. The Bertz CT molecular complexity index is 1180. The molecule has 0 saturated carbocycles. The summed E-state index contributed by atoms with van der Waals surface area (Å²) in [5.74, 6) is 1.85. The molecule has 0 N–H and O–H groups in total. The van der Waals surface area contributed by atoms with Gasteiger partial charge in [0.05, 0.1) is 13.0 Å². The number of hydrogen-bond donors (Lipinski definition) is 0. The molecule has 0 radical (unpaired) electrons. The van der Waals surface area contributed by atoms with Crippen molar-refractivity contribution in [3.63, 3.8) is 0 Å². The third-order valence-electron chi connectivity index (χ3n) is 6.85. The van der Waals surface area contributed by atoms with Crippen LogP contribution in [0.2, 0.25) is 0 Å². The maximum atomic E-state index is 13.2. The van der Waals surface area contributed by atoms with Crippen LogP contribution in [-0.2, 0) is 9.59 Å². The van der Waals surface area contributed by atoms with E-state index in [-0.39, 0.29) is 30.1 Å². The molecule has 0 aliphatic carbocycles. The molecule has 5 rings (SSSR count). The normalized spacial score (nSPS) is 19.0. The Hall–Kier alpha value is -3.68. The Morgan fingerprint density at radius 1 is 1.09 bits per heavy atom. The van der Waals surface area contributed by atoms with Crippen LogP contribution in [0.1, 0.15) is 36.6 Å². The summed E-state index contributed by atoms with van der Waals surface area (Å²) in [5, 5.41) is 4.22.